The van der Waals surface area contributed by atoms with Crippen molar-refractivity contribution in [1.82, 2.24) is 4.98 Å². The van der Waals surface area contributed by atoms with Crippen LogP contribution in [0.3, 0.4) is 0 Å². The molecule has 0 fully saturated rings. The van der Waals surface area contributed by atoms with Crippen molar-refractivity contribution in [1.29, 1.82) is 0 Å². The average Bonchev–Trinajstić information content (AvgIpc) is 2.47. The molecule has 0 saturated heterocycles. The Labute approximate surface area is 129 Å². The number of rotatable bonds is 2. The highest BCUT2D eigenvalue weighted by atomic mass is 16.4. The van der Waals surface area contributed by atoms with E-state index in [9.17, 15) is 9.90 Å². The lowest BCUT2D eigenvalue weighted by molar-refractivity contribution is -0.254. The van der Waals surface area contributed by atoms with Crippen molar-refractivity contribution < 1.29 is 9.90 Å². The van der Waals surface area contributed by atoms with Crippen molar-refractivity contribution in [3.63, 3.8) is 0 Å². The van der Waals surface area contributed by atoms with E-state index in [-0.39, 0.29) is 5.56 Å². The number of pyridine rings is 1. The van der Waals surface area contributed by atoms with Gasteiger partial charge in [0.05, 0.1) is 17.2 Å². The molecular formula is C19H16NO2-. The first-order valence-corrected chi connectivity index (χ1v) is 7.16. The molecule has 3 rings (SSSR count). The number of aromatic carboxylic acids is 1. The van der Waals surface area contributed by atoms with E-state index in [1.165, 1.54) is 0 Å². The lowest BCUT2D eigenvalue weighted by Crippen LogP contribution is -2.24. The quantitative estimate of drug-likeness (QED) is 0.728. The molecule has 3 heteroatoms. The van der Waals surface area contributed by atoms with Crippen molar-refractivity contribution in [3.05, 3.63) is 64.7 Å². The molecule has 0 amide bonds. The van der Waals surface area contributed by atoms with Crippen LogP contribution in [0.2, 0.25) is 0 Å². The van der Waals surface area contributed by atoms with Crippen molar-refractivity contribution >= 4 is 16.9 Å². The minimum Gasteiger partial charge on any atom is -0.545 e. The minimum absolute atomic E-state index is 0.226. The van der Waals surface area contributed by atoms with Crippen LogP contribution in [-0.4, -0.2) is 11.0 Å². The molecule has 1 heterocycles. The van der Waals surface area contributed by atoms with E-state index in [1.54, 1.807) is 6.92 Å². The second-order valence-corrected chi connectivity index (χ2v) is 5.63. The molecule has 0 aliphatic rings. The van der Waals surface area contributed by atoms with Crippen molar-refractivity contribution in [2.45, 2.75) is 20.8 Å². The van der Waals surface area contributed by atoms with Crippen molar-refractivity contribution in [2.24, 2.45) is 0 Å². The second-order valence-electron chi connectivity index (χ2n) is 5.63. The average molecular weight is 290 g/mol. The molecule has 3 nitrogen and oxygen atoms in total. The lowest BCUT2D eigenvalue weighted by Gasteiger charge is -2.16. The summed E-state index contributed by atoms with van der Waals surface area (Å²) in [6.45, 7) is 5.73. The highest BCUT2D eigenvalue weighted by molar-refractivity contribution is 6.04. The first-order valence-electron chi connectivity index (χ1n) is 7.16. The van der Waals surface area contributed by atoms with Gasteiger partial charge in [-0.2, -0.15) is 0 Å². The van der Waals surface area contributed by atoms with Gasteiger partial charge in [-0.05, 0) is 38.5 Å². The van der Waals surface area contributed by atoms with E-state index in [4.69, 9.17) is 0 Å². The summed E-state index contributed by atoms with van der Waals surface area (Å²) in [5, 5.41) is 12.3. The van der Waals surface area contributed by atoms with Crippen LogP contribution in [0, 0.1) is 20.8 Å². The summed E-state index contributed by atoms with van der Waals surface area (Å²) in [5.41, 5.74) is 5.29. The second kappa shape index (κ2) is 5.26. The summed E-state index contributed by atoms with van der Waals surface area (Å²) in [5.74, 6) is -1.16. The maximum absolute atomic E-state index is 11.6. The molecule has 0 atom stereocenters. The van der Waals surface area contributed by atoms with Crippen molar-refractivity contribution in [2.75, 3.05) is 0 Å². The van der Waals surface area contributed by atoms with Crippen LogP contribution in [0.25, 0.3) is 22.2 Å². The summed E-state index contributed by atoms with van der Waals surface area (Å²) in [6.07, 6.45) is 0. The van der Waals surface area contributed by atoms with Gasteiger partial charge >= 0.3 is 0 Å². The fourth-order valence-electron chi connectivity index (χ4n) is 2.73. The van der Waals surface area contributed by atoms with Gasteiger partial charge in [0.1, 0.15) is 0 Å². The van der Waals surface area contributed by atoms with Crippen LogP contribution < -0.4 is 5.11 Å². The van der Waals surface area contributed by atoms with Gasteiger partial charge in [0.15, 0.2) is 0 Å². The molecule has 1 aromatic heterocycles. The summed E-state index contributed by atoms with van der Waals surface area (Å²) in [4.78, 5) is 16.3. The molecular weight excluding hydrogens is 274 g/mol. The van der Waals surface area contributed by atoms with E-state index in [0.29, 0.717) is 22.2 Å². The normalized spacial score (nSPS) is 10.9. The fraction of sp³-hybridized carbons (Fsp3) is 0.158. The summed E-state index contributed by atoms with van der Waals surface area (Å²) in [7, 11) is 0. The fourth-order valence-corrected chi connectivity index (χ4v) is 2.73. The number of carboxylic acids is 1. The Morgan fingerprint density at radius 2 is 1.59 bits per heavy atom. The third-order valence-electron chi connectivity index (χ3n) is 3.91. The van der Waals surface area contributed by atoms with Crippen LogP contribution in [0.4, 0.5) is 0 Å². The molecule has 0 unspecified atom stereocenters. The van der Waals surface area contributed by atoms with E-state index >= 15 is 0 Å². The Balaban J connectivity index is 2.37. The molecule has 0 spiro atoms. The predicted octanol–water partition coefficient (Wildman–Crippen LogP) is 3.19. The maximum atomic E-state index is 11.6. The summed E-state index contributed by atoms with van der Waals surface area (Å²) < 4.78 is 0. The SMILES string of the molecule is Cc1ccc(-c2nc3ccc(C)cc3c(C(=O)[O-])c2C)cc1. The van der Waals surface area contributed by atoms with E-state index in [2.05, 4.69) is 4.98 Å². The predicted molar refractivity (Wildman–Crippen MR) is 85.7 cm³/mol. The molecule has 0 aliphatic heterocycles. The maximum Gasteiger partial charge on any atom is 0.0745 e. The molecule has 0 radical (unpaired) electrons. The van der Waals surface area contributed by atoms with Gasteiger partial charge in [0, 0.05) is 16.5 Å². The van der Waals surface area contributed by atoms with E-state index < -0.39 is 5.97 Å². The molecule has 0 saturated carbocycles. The standard InChI is InChI=1S/C19H17NO2/c1-11-4-7-14(8-5-11)18-13(3)17(19(21)22)15-10-12(2)6-9-16(15)20-18/h4-10H,1-3H3,(H,21,22)/p-1. The molecule has 0 bridgehead atoms. The number of aryl methyl sites for hydroxylation is 2. The van der Waals surface area contributed by atoms with Gasteiger partial charge in [-0.3, -0.25) is 0 Å². The molecule has 0 N–H and O–H groups in total. The van der Waals surface area contributed by atoms with Gasteiger partial charge in [-0.15, -0.1) is 0 Å². The van der Waals surface area contributed by atoms with E-state index in [1.807, 2.05) is 56.3 Å². The van der Waals surface area contributed by atoms with Crippen LogP contribution in [-0.2, 0) is 0 Å². The number of carbonyl (C=O) groups is 1. The molecule has 2 aromatic carbocycles. The van der Waals surface area contributed by atoms with Gasteiger partial charge in [0.25, 0.3) is 0 Å². The highest BCUT2D eigenvalue weighted by Crippen LogP contribution is 2.30. The van der Waals surface area contributed by atoms with Crippen LogP contribution in [0.5, 0.6) is 0 Å². The zero-order valence-corrected chi connectivity index (χ0v) is 12.8. The largest absolute Gasteiger partial charge is 0.545 e. The van der Waals surface area contributed by atoms with Gasteiger partial charge < -0.3 is 9.90 Å². The third-order valence-corrected chi connectivity index (χ3v) is 3.91. The first-order chi connectivity index (χ1) is 10.5. The molecule has 0 aliphatic carbocycles. The minimum atomic E-state index is -1.16. The van der Waals surface area contributed by atoms with Crippen LogP contribution in [0.15, 0.2) is 42.5 Å². The first kappa shape index (κ1) is 14.3. The number of benzene rings is 2. The Bertz CT molecular complexity index is 880. The Morgan fingerprint density at radius 3 is 2.23 bits per heavy atom. The smallest absolute Gasteiger partial charge is 0.0745 e. The van der Waals surface area contributed by atoms with E-state index in [0.717, 1.165) is 16.7 Å². The number of hydrogen-bond acceptors (Lipinski definition) is 3. The Morgan fingerprint density at radius 1 is 0.955 bits per heavy atom. The van der Waals surface area contributed by atoms with Gasteiger partial charge in [-0.25, -0.2) is 4.98 Å². The summed E-state index contributed by atoms with van der Waals surface area (Å²) in [6, 6.07) is 13.5. The Hall–Kier alpha value is -2.68. The Kier molecular flexibility index (Phi) is 3.41. The van der Waals surface area contributed by atoms with Crippen LogP contribution >= 0.6 is 0 Å². The summed E-state index contributed by atoms with van der Waals surface area (Å²) >= 11 is 0. The molecule has 110 valence electrons. The zero-order valence-electron chi connectivity index (χ0n) is 12.8. The lowest BCUT2D eigenvalue weighted by atomic mass is 9.96. The monoisotopic (exact) mass is 290 g/mol. The third kappa shape index (κ3) is 2.35. The van der Waals surface area contributed by atoms with Gasteiger partial charge in [0.2, 0.25) is 0 Å². The number of nitrogens with zero attached hydrogens (tertiary/aromatic N) is 1. The number of carbonyl (C=O) groups excluding carboxylic acids is 1. The molecule has 22 heavy (non-hydrogen) atoms. The molecule has 3 aromatic rings. The number of carboxylic acid groups (broad SMARTS) is 1. The highest BCUT2D eigenvalue weighted by Gasteiger charge is 2.14. The topological polar surface area (TPSA) is 53.0 Å². The van der Waals surface area contributed by atoms with Gasteiger partial charge in [-0.1, -0.05) is 41.5 Å². The number of hydrogen-bond donors (Lipinski definition) is 0. The number of fused-ring (bicyclic) bond motifs is 1. The number of aromatic nitrogens is 1. The van der Waals surface area contributed by atoms with Crippen molar-refractivity contribution in [3.8, 4) is 11.3 Å². The zero-order chi connectivity index (χ0) is 15.9. The van der Waals surface area contributed by atoms with Crippen LogP contribution in [0.1, 0.15) is 27.0 Å².